The van der Waals surface area contributed by atoms with Gasteiger partial charge in [-0.15, -0.1) is 0 Å². The van der Waals surface area contributed by atoms with Gasteiger partial charge in [0.25, 0.3) is 0 Å². The lowest BCUT2D eigenvalue weighted by Gasteiger charge is -2.07. The Hall–Kier alpha value is -1.22. The molecule has 0 aliphatic rings. The Bertz CT molecular complexity index is 269. The van der Waals surface area contributed by atoms with E-state index >= 15 is 0 Å². The van der Waals surface area contributed by atoms with Crippen LogP contribution in [0.15, 0.2) is 0 Å². The Morgan fingerprint density at radius 1 is 0.714 bits per heavy atom. The molecule has 0 aromatic carbocycles. The van der Waals surface area contributed by atoms with Crippen LogP contribution in [0, 0.1) is 0 Å². The lowest BCUT2D eigenvalue weighted by Crippen LogP contribution is -2.24. The maximum Gasteiger partial charge on any atom is 0.307 e. The highest BCUT2D eigenvalue weighted by atomic mass is 16.6. The van der Waals surface area contributed by atoms with Crippen LogP contribution in [0.5, 0.6) is 0 Å². The Kier molecular flexibility index (Phi) is 14.3. The highest BCUT2D eigenvalue weighted by Crippen LogP contribution is 1.87. The number of hydrogen-bond donors (Lipinski definition) is 0. The molecule has 0 heterocycles. The van der Waals surface area contributed by atoms with Gasteiger partial charge in [0.05, 0.1) is 66.4 Å². The summed E-state index contributed by atoms with van der Waals surface area (Å²) in [5.41, 5.74) is 0. The molecule has 0 aliphatic carbocycles. The minimum absolute atomic E-state index is 0.112. The Morgan fingerprint density at radius 3 is 1.48 bits per heavy atom. The number of methoxy groups -OCH3 is 1. The second-order valence-corrected chi connectivity index (χ2v) is 3.90. The molecule has 0 aromatic rings. The molecule has 0 unspecified atom stereocenters. The van der Waals surface area contributed by atoms with Crippen LogP contribution in [0.3, 0.4) is 0 Å². The maximum atomic E-state index is 10.8. The summed E-state index contributed by atoms with van der Waals surface area (Å²) in [6, 6.07) is 0. The van der Waals surface area contributed by atoms with E-state index in [9.17, 15) is 14.7 Å². The van der Waals surface area contributed by atoms with Crippen molar-refractivity contribution in [2.45, 2.75) is 12.8 Å². The molecule has 0 rings (SSSR count). The van der Waals surface area contributed by atoms with E-state index in [1.165, 1.54) is 7.11 Å². The van der Waals surface area contributed by atoms with E-state index in [0.29, 0.717) is 46.2 Å². The SMILES string of the molecule is COC(=O)CCOCCOCCOCCOCCC(=O)[O-]. The molecule has 0 atom stereocenters. The average molecular weight is 307 g/mol. The molecule has 8 heteroatoms. The number of carbonyl (C=O) groups is 2. The van der Waals surface area contributed by atoms with E-state index in [0.717, 1.165) is 0 Å². The molecule has 0 N–H and O–H groups in total. The van der Waals surface area contributed by atoms with Crippen LogP contribution in [0.1, 0.15) is 12.8 Å². The van der Waals surface area contributed by atoms with Crippen LogP contribution in [0.4, 0.5) is 0 Å². The topological polar surface area (TPSA) is 103 Å². The van der Waals surface area contributed by atoms with Gasteiger partial charge in [-0.25, -0.2) is 0 Å². The molecule has 0 radical (unpaired) electrons. The van der Waals surface area contributed by atoms with Crippen LogP contribution in [-0.4, -0.2) is 71.9 Å². The number of aliphatic carboxylic acids is 1. The number of carboxylic acid groups (broad SMARTS) is 1. The third-order valence-electron chi connectivity index (χ3n) is 2.24. The average Bonchev–Trinajstić information content (AvgIpc) is 2.46. The van der Waals surface area contributed by atoms with Crippen molar-refractivity contribution in [2.75, 3.05) is 60.0 Å². The predicted molar refractivity (Wildman–Crippen MR) is 69.5 cm³/mol. The van der Waals surface area contributed by atoms with E-state index in [-0.39, 0.29) is 25.4 Å². The van der Waals surface area contributed by atoms with Crippen LogP contribution in [0.2, 0.25) is 0 Å². The summed E-state index contributed by atoms with van der Waals surface area (Å²) in [6.45, 7) is 2.85. The first-order valence-corrected chi connectivity index (χ1v) is 6.74. The Morgan fingerprint density at radius 2 is 1.10 bits per heavy atom. The van der Waals surface area contributed by atoms with Gasteiger partial charge in [-0.2, -0.15) is 0 Å². The normalized spacial score (nSPS) is 10.5. The third kappa shape index (κ3) is 16.7. The van der Waals surface area contributed by atoms with Gasteiger partial charge in [0.15, 0.2) is 0 Å². The van der Waals surface area contributed by atoms with E-state index in [1.807, 2.05) is 0 Å². The van der Waals surface area contributed by atoms with Crippen LogP contribution < -0.4 is 5.11 Å². The van der Waals surface area contributed by atoms with Crippen molar-refractivity contribution >= 4 is 11.9 Å². The lowest BCUT2D eigenvalue weighted by molar-refractivity contribution is -0.306. The summed E-state index contributed by atoms with van der Waals surface area (Å²) in [5, 5.41) is 10.1. The van der Waals surface area contributed by atoms with Crippen molar-refractivity contribution in [3.63, 3.8) is 0 Å². The van der Waals surface area contributed by atoms with Gasteiger partial charge in [-0.3, -0.25) is 4.79 Å². The zero-order valence-electron chi connectivity index (χ0n) is 12.3. The fourth-order valence-corrected chi connectivity index (χ4v) is 1.17. The number of rotatable bonds is 15. The number of esters is 1. The second-order valence-electron chi connectivity index (χ2n) is 3.90. The predicted octanol–water partition coefficient (Wildman–Crippen LogP) is -1.24. The highest BCUT2D eigenvalue weighted by molar-refractivity contribution is 5.69. The second kappa shape index (κ2) is 15.2. The molecule has 8 nitrogen and oxygen atoms in total. The quantitative estimate of drug-likeness (QED) is 0.273. The highest BCUT2D eigenvalue weighted by Gasteiger charge is 1.99. The van der Waals surface area contributed by atoms with Gasteiger partial charge in [0.2, 0.25) is 0 Å². The molecular formula is C13H23O8-. The summed E-state index contributed by atoms with van der Waals surface area (Å²) < 4.78 is 25.1. The van der Waals surface area contributed by atoms with Gasteiger partial charge in [0.1, 0.15) is 0 Å². The molecule has 21 heavy (non-hydrogen) atoms. The third-order valence-corrected chi connectivity index (χ3v) is 2.24. The summed E-state index contributed by atoms with van der Waals surface area (Å²) in [5.74, 6) is -1.43. The smallest absolute Gasteiger partial charge is 0.307 e. The Balaban J connectivity index is 3.02. The maximum absolute atomic E-state index is 10.8. The fourth-order valence-electron chi connectivity index (χ4n) is 1.17. The summed E-state index contributed by atoms with van der Waals surface area (Å²) in [4.78, 5) is 20.8. The van der Waals surface area contributed by atoms with Crippen LogP contribution >= 0.6 is 0 Å². The summed E-state index contributed by atoms with van der Waals surface area (Å²) in [6.07, 6.45) is 0.122. The van der Waals surface area contributed by atoms with Crippen LogP contribution in [-0.2, 0) is 33.3 Å². The summed E-state index contributed by atoms with van der Waals surface area (Å²) in [7, 11) is 1.33. The van der Waals surface area contributed by atoms with Crippen molar-refractivity contribution in [2.24, 2.45) is 0 Å². The molecule has 0 saturated heterocycles. The van der Waals surface area contributed by atoms with Crippen molar-refractivity contribution < 1.29 is 38.4 Å². The Labute approximate surface area is 124 Å². The van der Waals surface area contributed by atoms with E-state index in [4.69, 9.17) is 18.9 Å². The molecule has 0 aliphatic heterocycles. The number of ether oxygens (including phenoxy) is 5. The van der Waals surface area contributed by atoms with E-state index in [1.54, 1.807) is 0 Å². The van der Waals surface area contributed by atoms with Gasteiger partial charge >= 0.3 is 5.97 Å². The van der Waals surface area contributed by atoms with Crippen molar-refractivity contribution in [1.29, 1.82) is 0 Å². The van der Waals surface area contributed by atoms with Crippen molar-refractivity contribution in [1.82, 2.24) is 0 Å². The minimum Gasteiger partial charge on any atom is -0.550 e. The molecule has 0 spiro atoms. The summed E-state index contributed by atoms with van der Waals surface area (Å²) >= 11 is 0. The molecule has 0 bridgehead atoms. The number of carboxylic acids is 1. The van der Waals surface area contributed by atoms with Gasteiger partial charge in [0, 0.05) is 12.4 Å². The first-order valence-electron chi connectivity index (χ1n) is 6.74. The monoisotopic (exact) mass is 307 g/mol. The molecule has 0 fully saturated rings. The van der Waals surface area contributed by atoms with E-state index < -0.39 is 5.97 Å². The van der Waals surface area contributed by atoms with Crippen LogP contribution in [0.25, 0.3) is 0 Å². The molecule has 0 saturated carbocycles. The van der Waals surface area contributed by atoms with Gasteiger partial charge in [-0.05, 0) is 0 Å². The lowest BCUT2D eigenvalue weighted by atomic mass is 10.5. The van der Waals surface area contributed by atoms with Crippen molar-refractivity contribution in [3.8, 4) is 0 Å². The van der Waals surface area contributed by atoms with Gasteiger partial charge in [-0.1, -0.05) is 0 Å². The number of hydrogen-bond acceptors (Lipinski definition) is 8. The molecule has 0 amide bonds. The minimum atomic E-state index is -1.13. The zero-order valence-corrected chi connectivity index (χ0v) is 12.3. The molecular weight excluding hydrogens is 284 g/mol. The first-order chi connectivity index (χ1) is 10.2. The molecule has 0 aromatic heterocycles. The first kappa shape index (κ1) is 19.8. The number of carbonyl (C=O) groups excluding carboxylic acids is 2. The fraction of sp³-hybridized carbons (Fsp3) is 0.846. The molecule has 124 valence electrons. The van der Waals surface area contributed by atoms with E-state index in [2.05, 4.69) is 4.74 Å². The van der Waals surface area contributed by atoms with Crippen molar-refractivity contribution in [3.05, 3.63) is 0 Å². The zero-order chi connectivity index (χ0) is 15.8. The van der Waals surface area contributed by atoms with Gasteiger partial charge < -0.3 is 33.6 Å². The standard InChI is InChI=1S/C13H24O8/c1-17-13(16)3-5-19-7-9-21-11-10-20-8-6-18-4-2-12(14)15/h2-11H2,1H3,(H,14,15)/p-1. The largest absolute Gasteiger partial charge is 0.550 e.